The van der Waals surface area contributed by atoms with Gasteiger partial charge in [-0.05, 0) is 30.5 Å². The standard InChI is InChI=1S/C19H26N4O2/c1-21(2)18(24)19(23-13-10-20-15-23)8-11-22(12-9-19)14-16-4-6-17(25-3)7-5-16/h4-7,10,13,15H,8-9,11-12,14H2,1-3H3. The summed E-state index contributed by atoms with van der Waals surface area (Å²) in [7, 11) is 5.33. The van der Waals surface area contributed by atoms with Crippen LogP contribution in [0.15, 0.2) is 43.0 Å². The van der Waals surface area contributed by atoms with E-state index in [1.54, 1.807) is 24.5 Å². The summed E-state index contributed by atoms with van der Waals surface area (Å²) in [4.78, 5) is 21.1. The summed E-state index contributed by atoms with van der Waals surface area (Å²) in [5, 5.41) is 0. The summed E-state index contributed by atoms with van der Waals surface area (Å²) in [6.07, 6.45) is 6.99. The van der Waals surface area contributed by atoms with Crippen molar-refractivity contribution in [1.29, 1.82) is 0 Å². The molecule has 0 atom stereocenters. The zero-order chi connectivity index (χ0) is 17.9. The number of piperidine rings is 1. The van der Waals surface area contributed by atoms with Gasteiger partial charge in [-0.2, -0.15) is 0 Å². The Kier molecular flexibility index (Phi) is 5.08. The van der Waals surface area contributed by atoms with Crippen LogP contribution in [0.4, 0.5) is 0 Å². The molecule has 25 heavy (non-hydrogen) atoms. The number of rotatable bonds is 5. The Morgan fingerprint density at radius 3 is 2.44 bits per heavy atom. The topological polar surface area (TPSA) is 50.6 Å². The first-order chi connectivity index (χ1) is 12.0. The molecule has 0 saturated carbocycles. The smallest absolute Gasteiger partial charge is 0.248 e. The highest BCUT2D eigenvalue weighted by Gasteiger charge is 2.43. The first kappa shape index (κ1) is 17.5. The second-order valence-electron chi connectivity index (χ2n) is 6.83. The van der Waals surface area contributed by atoms with Gasteiger partial charge in [0.15, 0.2) is 0 Å². The summed E-state index contributed by atoms with van der Waals surface area (Å²) in [5.74, 6) is 1.02. The van der Waals surface area contributed by atoms with Crippen LogP contribution in [0.2, 0.25) is 0 Å². The maximum atomic E-state index is 12.9. The SMILES string of the molecule is COc1ccc(CN2CCC(C(=O)N(C)C)(n3ccnc3)CC2)cc1. The Balaban J connectivity index is 1.70. The van der Waals surface area contributed by atoms with Crippen molar-refractivity contribution in [3.63, 3.8) is 0 Å². The third-order valence-corrected chi connectivity index (χ3v) is 5.05. The molecule has 3 rings (SSSR count). The molecule has 1 aromatic heterocycles. The quantitative estimate of drug-likeness (QED) is 0.834. The lowest BCUT2D eigenvalue weighted by Crippen LogP contribution is -2.54. The van der Waals surface area contributed by atoms with E-state index in [9.17, 15) is 4.79 Å². The fourth-order valence-corrected chi connectivity index (χ4v) is 3.58. The lowest BCUT2D eigenvalue weighted by Gasteiger charge is -2.42. The summed E-state index contributed by atoms with van der Waals surface area (Å²) in [6.45, 7) is 2.65. The van der Waals surface area contributed by atoms with Gasteiger partial charge in [-0.15, -0.1) is 0 Å². The summed E-state index contributed by atoms with van der Waals surface area (Å²) in [6, 6.07) is 8.18. The minimum absolute atomic E-state index is 0.148. The summed E-state index contributed by atoms with van der Waals surface area (Å²) >= 11 is 0. The number of imidazole rings is 1. The van der Waals surface area contributed by atoms with Gasteiger partial charge < -0.3 is 14.2 Å². The molecule has 1 amide bonds. The molecule has 134 valence electrons. The van der Waals surface area contributed by atoms with Crippen molar-refractivity contribution in [2.75, 3.05) is 34.3 Å². The molecule has 0 bridgehead atoms. The predicted molar refractivity (Wildman–Crippen MR) is 96.4 cm³/mol. The number of likely N-dealkylation sites (N-methyl/N-ethyl adjacent to an activating group) is 1. The maximum Gasteiger partial charge on any atom is 0.248 e. The van der Waals surface area contributed by atoms with Crippen molar-refractivity contribution < 1.29 is 9.53 Å². The van der Waals surface area contributed by atoms with Crippen molar-refractivity contribution in [3.05, 3.63) is 48.5 Å². The van der Waals surface area contributed by atoms with Crippen LogP contribution in [0.1, 0.15) is 18.4 Å². The number of hydrogen-bond acceptors (Lipinski definition) is 4. The lowest BCUT2D eigenvalue weighted by molar-refractivity contribution is -0.141. The Morgan fingerprint density at radius 1 is 1.24 bits per heavy atom. The molecule has 0 spiro atoms. The highest BCUT2D eigenvalue weighted by atomic mass is 16.5. The van der Waals surface area contributed by atoms with E-state index in [-0.39, 0.29) is 5.91 Å². The van der Waals surface area contributed by atoms with Crippen LogP contribution < -0.4 is 4.74 Å². The van der Waals surface area contributed by atoms with E-state index in [1.807, 2.05) is 37.0 Å². The molecule has 1 aliphatic heterocycles. The Hall–Kier alpha value is -2.34. The molecule has 6 heteroatoms. The number of benzene rings is 1. The number of likely N-dealkylation sites (tertiary alicyclic amines) is 1. The van der Waals surface area contributed by atoms with Crippen LogP contribution >= 0.6 is 0 Å². The number of nitrogens with zero attached hydrogens (tertiary/aromatic N) is 4. The van der Waals surface area contributed by atoms with Crippen molar-refractivity contribution in [1.82, 2.24) is 19.4 Å². The van der Waals surface area contributed by atoms with Crippen LogP contribution in [-0.4, -0.2) is 59.6 Å². The average molecular weight is 342 g/mol. The molecule has 0 radical (unpaired) electrons. The molecule has 1 saturated heterocycles. The third-order valence-electron chi connectivity index (χ3n) is 5.05. The fraction of sp³-hybridized carbons (Fsp3) is 0.474. The summed E-state index contributed by atoms with van der Waals surface area (Å²) < 4.78 is 7.20. The molecule has 0 aliphatic carbocycles. The number of ether oxygens (including phenoxy) is 1. The number of methoxy groups -OCH3 is 1. The van der Waals surface area contributed by atoms with Gasteiger partial charge in [-0.1, -0.05) is 12.1 Å². The van der Waals surface area contributed by atoms with Crippen molar-refractivity contribution in [3.8, 4) is 5.75 Å². The molecular formula is C19H26N4O2. The van der Waals surface area contributed by atoms with Crippen LogP contribution in [0.3, 0.4) is 0 Å². The Labute approximate surface area is 149 Å². The van der Waals surface area contributed by atoms with Crippen LogP contribution in [-0.2, 0) is 16.9 Å². The molecule has 1 fully saturated rings. The average Bonchev–Trinajstić information content (AvgIpc) is 3.18. The van der Waals surface area contributed by atoms with Crippen LogP contribution in [0.5, 0.6) is 5.75 Å². The first-order valence-corrected chi connectivity index (χ1v) is 8.60. The predicted octanol–water partition coefficient (Wildman–Crippen LogP) is 1.97. The maximum absolute atomic E-state index is 12.9. The van der Waals surface area contributed by atoms with E-state index < -0.39 is 5.54 Å². The van der Waals surface area contributed by atoms with Crippen molar-refractivity contribution >= 4 is 5.91 Å². The highest BCUT2D eigenvalue weighted by Crippen LogP contribution is 2.32. The normalized spacial score (nSPS) is 17.2. The van der Waals surface area contributed by atoms with E-state index in [0.717, 1.165) is 38.2 Å². The molecule has 1 aliphatic rings. The van der Waals surface area contributed by atoms with Crippen molar-refractivity contribution in [2.24, 2.45) is 0 Å². The number of hydrogen-bond donors (Lipinski definition) is 0. The largest absolute Gasteiger partial charge is 0.497 e. The van der Waals surface area contributed by atoms with E-state index in [4.69, 9.17) is 4.74 Å². The number of carbonyl (C=O) groups is 1. The van der Waals surface area contributed by atoms with Gasteiger partial charge >= 0.3 is 0 Å². The first-order valence-electron chi connectivity index (χ1n) is 8.60. The van der Waals surface area contributed by atoms with Gasteiger partial charge in [0, 0.05) is 46.1 Å². The lowest BCUT2D eigenvalue weighted by atomic mass is 9.85. The molecule has 2 aromatic rings. The van der Waals surface area contributed by atoms with Gasteiger partial charge in [0.1, 0.15) is 11.3 Å². The molecule has 1 aromatic carbocycles. The minimum Gasteiger partial charge on any atom is -0.497 e. The zero-order valence-electron chi connectivity index (χ0n) is 15.2. The second-order valence-corrected chi connectivity index (χ2v) is 6.83. The van der Waals surface area contributed by atoms with Crippen LogP contribution in [0, 0.1) is 0 Å². The molecular weight excluding hydrogens is 316 g/mol. The van der Waals surface area contributed by atoms with Gasteiger partial charge in [0.05, 0.1) is 13.4 Å². The van der Waals surface area contributed by atoms with E-state index in [0.29, 0.717) is 0 Å². The Morgan fingerprint density at radius 2 is 1.92 bits per heavy atom. The van der Waals surface area contributed by atoms with Gasteiger partial charge in [-0.3, -0.25) is 9.69 Å². The minimum atomic E-state index is -0.517. The monoisotopic (exact) mass is 342 g/mol. The van der Waals surface area contributed by atoms with E-state index >= 15 is 0 Å². The fourth-order valence-electron chi connectivity index (χ4n) is 3.58. The number of amides is 1. The van der Waals surface area contributed by atoms with Crippen LogP contribution in [0.25, 0.3) is 0 Å². The third kappa shape index (κ3) is 3.54. The number of aromatic nitrogens is 2. The number of carbonyl (C=O) groups excluding carboxylic acids is 1. The Bertz CT molecular complexity index is 687. The summed E-state index contributed by atoms with van der Waals surface area (Å²) in [5.41, 5.74) is 0.742. The highest BCUT2D eigenvalue weighted by molar-refractivity contribution is 5.84. The van der Waals surface area contributed by atoms with E-state index in [2.05, 4.69) is 22.0 Å². The molecule has 2 heterocycles. The zero-order valence-corrected chi connectivity index (χ0v) is 15.2. The van der Waals surface area contributed by atoms with Gasteiger partial charge in [-0.25, -0.2) is 4.98 Å². The van der Waals surface area contributed by atoms with Crippen molar-refractivity contribution in [2.45, 2.75) is 24.9 Å². The molecule has 0 unspecified atom stereocenters. The van der Waals surface area contributed by atoms with Gasteiger partial charge in [0.25, 0.3) is 0 Å². The van der Waals surface area contributed by atoms with E-state index in [1.165, 1.54) is 5.56 Å². The molecule has 6 nitrogen and oxygen atoms in total. The van der Waals surface area contributed by atoms with Gasteiger partial charge in [0.2, 0.25) is 5.91 Å². The second kappa shape index (κ2) is 7.27. The molecule has 0 N–H and O–H groups in total.